The van der Waals surface area contributed by atoms with Crippen molar-refractivity contribution in [1.82, 2.24) is 4.90 Å². The number of ketones is 2. The summed E-state index contributed by atoms with van der Waals surface area (Å²) in [6.45, 7) is 14.5. The molecule has 0 saturated carbocycles. The van der Waals surface area contributed by atoms with Crippen LogP contribution < -0.4 is 9.47 Å². The van der Waals surface area contributed by atoms with Gasteiger partial charge >= 0.3 is 5.97 Å². The molecule has 0 saturated heterocycles. The lowest BCUT2D eigenvalue weighted by molar-refractivity contribution is -0.138. The van der Waals surface area contributed by atoms with E-state index >= 15 is 0 Å². The van der Waals surface area contributed by atoms with Crippen LogP contribution in [-0.4, -0.2) is 40.7 Å². The quantitative estimate of drug-likeness (QED) is 0.256. The van der Waals surface area contributed by atoms with E-state index in [0.717, 1.165) is 21.2 Å². The molecule has 45 heavy (non-hydrogen) atoms. The van der Waals surface area contributed by atoms with Crippen molar-refractivity contribution in [3.05, 3.63) is 92.8 Å². The Bertz CT molecular complexity index is 1560. The van der Waals surface area contributed by atoms with Crippen molar-refractivity contribution < 1.29 is 29.0 Å². The van der Waals surface area contributed by atoms with Crippen molar-refractivity contribution in [1.29, 1.82) is 0 Å². The maximum Gasteiger partial charge on any atom is 0.323 e. The van der Waals surface area contributed by atoms with E-state index in [2.05, 4.69) is 22.5 Å². The van der Waals surface area contributed by atoms with Gasteiger partial charge in [-0.1, -0.05) is 67.9 Å². The van der Waals surface area contributed by atoms with E-state index in [1.165, 1.54) is 0 Å². The number of aliphatic carboxylic acids is 1. The van der Waals surface area contributed by atoms with E-state index < -0.39 is 11.9 Å². The number of allylic oxidation sites excluding steroid dienone is 5. The Hall–Kier alpha value is -3.65. The highest BCUT2D eigenvalue weighted by molar-refractivity contribution is 9.10. The summed E-state index contributed by atoms with van der Waals surface area (Å²) in [7, 11) is 0. The Morgan fingerprint density at radius 2 is 1.56 bits per heavy atom. The SMILES string of the molecule is C=CCc1cc(C2C3=C(CC(C)(C)CC3=O)N(CC(=O)O)C3=C2C(=O)CC(C)(C)C3)cc(OCC)c1OCc1ccc(Br)cc1. The monoisotopic (exact) mass is 675 g/mol. The van der Waals surface area contributed by atoms with Crippen molar-refractivity contribution in [2.75, 3.05) is 13.2 Å². The molecular formula is C37H42BrNO6. The summed E-state index contributed by atoms with van der Waals surface area (Å²) in [5.74, 6) is -0.599. The maximum absolute atomic E-state index is 14.1. The lowest BCUT2D eigenvalue weighted by atomic mass is 9.63. The molecule has 1 aliphatic heterocycles. The van der Waals surface area contributed by atoms with Gasteiger partial charge in [0.1, 0.15) is 13.2 Å². The van der Waals surface area contributed by atoms with Gasteiger partial charge in [0.25, 0.3) is 0 Å². The van der Waals surface area contributed by atoms with E-state index in [-0.39, 0.29) is 28.9 Å². The first-order valence-electron chi connectivity index (χ1n) is 15.5. The molecule has 238 valence electrons. The molecule has 0 bridgehead atoms. The predicted octanol–water partition coefficient (Wildman–Crippen LogP) is 7.93. The molecular weight excluding hydrogens is 634 g/mol. The molecule has 0 aromatic heterocycles. The number of Topliss-reactive ketones (excluding diaryl/α,β-unsaturated/α-hetero) is 2. The molecule has 0 amide bonds. The van der Waals surface area contributed by atoms with Crippen molar-refractivity contribution in [2.45, 2.75) is 79.2 Å². The zero-order chi connectivity index (χ0) is 32.7. The van der Waals surface area contributed by atoms with Crippen molar-refractivity contribution >= 4 is 33.5 Å². The maximum atomic E-state index is 14.1. The van der Waals surface area contributed by atoms with E-state index in [1.807, 2.05) is 71.0 Å². The zero-order valence-corrected chi connectivity index (χ0v) is 28.4. The number of ether oxygens (including phenoxy) is 2. The fourth-order valence-electron chi connectivity index (χ4n) is 7.03. The second-order valence-electron chi connectivity index (χ2n) is 13.9. The number of nitrogens with zero attached hydrogens (tertiary/aromatic N) is 1. The van der Waals surface area contributed by atoms with Crippen molar-refractivity contribution in [3.63, 3.8) is 0 Å². The van der Waals surface area contributed by atoms with Gasteiger partial charge in [0, 0.05) is 51.3 Å². The average Bonchev–Trinajstić information content (AvgIpc) is 2.93. The van der Waals surface area contributed by atoms with Gasteiger partial charge in [0.05, 0.1) is 6.61 Å². The largest absolute Gasteiger partial charge is 0.490 e. The minimum Gasteiger partial charge on any atom is -0.490 e. The van der Waals surface area contributed by atoms with Crippen LogP contribution in [-0.2, 0) is 27.4 Å². The standard InChI is InChI=1S/C37H42BrNO6/c1-7-9-23-14-24(15-30(44-8-2)35(23)45-21-22-10-12-25(38)13-11-22)32-33-26(16-36(3,4)18-28(33)40)39(20-31(42)43)27-17-37(5,6)19-29(41)34(27)32/h7,10-15,32H,1,8-9,16-21H2,2-6H3,(H,42,43). The van der Waals surface area contributed by atoms with E-state index in [1.54, 1.807) is 11.0 Å². The zero-order valence-electron chi connectivity index (χ0n) is 26.8. The van der Waals surface area contributed by atoms with Crippen molar-refractivity contribution in [2.24, 2.45) is 10.8 Å². The predicted molar refractivity (Wildman–Crippen MR) is 177 cm³/mol. The highest BCUT2D eigenvalue weighted by Crippen LogP contribution is 2.55. The fourth-order valence-corrected chi connectivity index (χ4v) is 7.29. The third-order valence-electron chi connectivity index (χ3n) is 8.76. The van der Waals surface area contributed by atoms with Gasteiger partial charge in [0.2, 0.25) is 0 Å². The van der Waals surface area contributed by atoms with Gasteiger partial charge in [-0.3, -0.25) is 14.4 Å². The first-order valence-corrected chi connectivity index (χ1v) is 16.3. The Balaban J connectivity index is 1.72. The van der Waals surface area contributed by atoms with Crippen LogP contribution >= 0.6 is 15.9 Å². The highest BCUT2D eigenvalue weighted by atomic mass is 79.9. The van der Waals surface area contributed by atoms with Gasteiger partial charge in [0.15, 0.2) is 23.1 Å². The molecule has 7 nitrogen and oxygen atoms in total. The lowest BCUT2D eigenvalue weighted by Crippen LogP contribution is -2.45. The topological polar surface area (TPSA) is 93.1 Å². The number of carboxylic acids is 1. The first-order chi connectivity index (χ1) is 21.2. The smallest absolute Gasteiger partial charge is 0.323 e. The van der Waals surface area contributed by atoms with Crippen LogP contribution in [0.2, 0.25) is 0 Å². The van der Waals surface area contributed by atoms with E-state index in [9.17, 15) is 19.5 Å². The van der Waals surface area contributed by atoms with Gasteiger partial charge < -0.3 is 19.5 Å². The summed E-state index contributed by atoms with van der Waals surface area (Å²) < 4.78 is 13.5. The second kappa shape index (κ2) is 12.6. The number of carbonyl (C=O) groups is 3. The molecule has 0 unspecified atom stereocenters. The number of carboxylic acid groups (broad SMARTS) is 1. The Morgan fingerprint density at radius 3 is 2.07 bits per heavy atom. The number of hydrogen-bond acceptors (Lipinski definition) is 6. The fraction of sp³-hybridized carbons (Fsp3) is 0.432. The molecule has 0 radical (unpaired) electrons. The van der Waals surface area contributed by atoms with Gasteiger partial charge in [-0.05, 0) is 66.3 Å². The average molecular weight is 677 g/mol. The summed E-state index contributed by atoms with van der Waals surface area (Å²) >= 11 is 3.48. The van der Waals surface area contributed by atoms with Gasteiger partial charge in [-0.15, -0.1) is 6.58 Å². The third-order valence-corrected chi connectivity index (χ3v) is 9.29. The molecule has 2 aliphatic carbocycles. The number of carbonyl (C=O) groups excluding carboxylic acids is 2. The van der Waals surface area contributed by atoms with E-state index in [0.29, 0.717) is 79.4 Å². The molecule has 1 heterocycles. The Labute approximate surface area is 274 Å². The molecule has 0 fully saturated rings. The second-order valence-corrected chi connectivity index (χ2v) is 14.8. The van der Waals surface area contributed by atoms with E-state index in [4.69, 9.17) is 9.47 Å². The molecule has 2 aromatic rings. The summed E-state index contributed by atoms with van der Waals surface area (Å²) in [5, 5.41) is 9.99. The molecule has 5 rings (SSSR count). The molecule has 1 N–H and O–H groups in total. The third kappa shape index (κ3) is 6.81. The number of rotatable bonds is 10. The minimum atomic E-state index is -1.00. The van der Waals surface area contributed by atoms with Crippen LogP contribution in [0.5, 0.6) is 11.5 Å². The molecule has 3 aliphatic rings. The number of halogens is 1. The Kier molecular flexibility index (Phi) is 9.18. The Morgan fingerprint density at radius 1 is 0.978 bits per heavy atom. The van der Waals surface area contributed by atoms with Gasteiger partial charge in [-0.2, -0.15) is 0 Å². The molecule has 2 aromatic carbocycles. The summed E-state index contributed by atoms with van der Waals surface area (Å²) in [4.78, 5) is 42.2. The molecule has 0 spiro atoms. The van der Waals surface area contributed by atoms with Crippen LogP contribution in [0.1, 0.15) is 82.9 Å². The van der Waals surface area contributed by atoms with Crippen molar-refractivity contribution in [3.8, 4) is 11.5 Å². The normalized spacial score (nSPS) is 19.3. The summed E-state index contributed by atoms with van der Waals surface area (Å²) in [6.07, 6.45) is 4.00. The van der Waals surface area contributed by atoms with Gasteiger partial charge in [-0.25, -0.2) is 0 Å². The summed E-state index contributed by atoms with van der Waals surface area (Å²) in [6, 6.07) is 11.8. The number of benzene rings is 2. The highest BCUT2D eigenvalue weighted by Gasteiger charge is 2.49. The van der Waals surface area contributed by atoms with Crippen LogP contribution in [0.15, 0.2) is 76.1 Å². The van der Waals surface area contributed by atoms with Crippen LogP contribution in [0.3, 0.4) is 0 Å². The van der Waals surface area contributed by atoms with Crippen LogP contribution in [0.4, 0.5) is 0 Å². The number of hydrogen-bond donors (Lipinski definition) is 1. The summed E-state index contributed by atoms with van der Waals surface area (Å²) in [5.41, 5.74) is 4.39. The first kappa shape index (κ1) is 32.7. The molecule has 0 atom stereocenters. The van der Waals surface area contributed by atoms with Crippen LogP contribution in [0.25, 0.3) is 0 Å². The lowest BCUT2D eigenvalue weighted by Gasteiger charge is -2.48. The minimum absolute atomic E-state index is 0.0513. The molecule has 8 heteroatoms. The van der Waals surface area contributed by atoms with Crippen LogP contribution in [0, 0.1) is 10.8 Å².